The van der Waals surface area contributed by atoms with E-state index in [0.29, 0.717) is 18.0 Å². The molecule has 1 aliphatic heterocycles. The fraction of sp³-hybridized carbons (Fsp3) is 0.462. The van der Waals surface area contributed by atoms with E-state index in [2.05, 4.69) is 10.6 Å². The highest BCUT2D eigenvalue weighted by molar-refractivity contribution is 5.94. The molecule has 1 fully saturated rings. The van der Waals surface area contributed by atoms with Crippen molar-refractivity contribution in [3.8, 4) is 5.75 Å². The number of amides is 1. The second-order valence-electron chi connectivity index (χ2n) is 4.42. The first-order valence-electron chi connectivity index (χ1n) is 6.03. The van der Waals surface area contributed by atoms with Crippen molar-refractivity contribution in [3.05, 3.63) is 29.6 Å². The predicted octanol–water partition coefficient (Wildman–Crippen LogP) is 1.60. The highest BCUT2D eigenvalue weighted by Crippen LogP contribution is 2.18. The molecule has 4 nitrogen and oxygen atoms in total. The Kier molecular flexibility index (Phi) is 6.05. The van der Waals surface area contributed by atoms with Crippen LogP contribution in [0.15, 0.2) is 18.2 Å². The number of hydrogen-bond donors (Lipinski definition) is 2. The zero-order chi connectivity index (χ0) is 13.0. The summed E-state index contributed by atoms with van der Waals surface area (Å²) in [6.45, 7) is 2.59. The van der Waals surface area contributed by atoms with Crippen LogP contribution in [0.3, 0.4) is 0 Å². The molecule has 1 heterocycles. The second kappa shape index (κ2) is 7.31. The van der Waals surface area contributed by atoms with Crippen molar-refractivity contribution in [2.24, 2.45) is 5.92 Å². The largest absolute Gasteiger partial charge is 0.494 e. The number of ether oxygens (including phenoxy) is 1. The molecule has 0 radical (unpaired) electrons. The number of methoxy groups -OCH3 is 1. The molecule has 1 amide bonds. The lowest BCUT2D eigenvalue weighted by atomic mass is 10.1. The molecule has 1 aliphatic rings. The summed E-state index contributed by atoms with van der Waals surface area (Å²) in [5.41, 5.74) is 0.416. The lowest BCUT2D eigenvalue weighted by Gasteiger charge is -2.10. The van der Waals surface area contributed by atoms with E-state index >= 15 is 0 Å². The van der Waals surface area contributed by atoms with Crippen LogP contribution >= 0.6 is 12.4 Å². The molecular weight excluding hydrogens is 271 g/mol. The summed E-state index contributed by atoms with van der Waals surface area (Å²) in [6, 6.07) is 4.11. The number of benzene rings is 1. The standard InChI is InChI=1S/C13H17FN2O2.ClH/c1-18-12-6-10(2-3-11(12)14)13(17)16-8-9-4-5-15-7-9;/h2-3,6,9,15H,4-5,7-8H2,1H3,(H,16,17);1H. The molecule has 2 rings (SSSR count). The van der Waals surface area contributed by atoms with E-state index < -0.39 is 5.82 Å². The van der Waals surface area contributed by atoms with Crippen molar-refractivity contribution in [2.75, 3.05) is 26.7 Å². The third-order valence-corrected chi connectivity index (χ3v) is 3.13. The van der Waals surface area contributed by atoms with Crippen LogP contribution in [0.5, 0.6) is 5.75 Å². The van der Waals surface area contributed by atoms with Gasteiger partial charge in [-0.15, -0.1) is 12.4 Å². The smallest absolute Gasteiger partial charge is 0.251 e. The van der Waals surface area contributed by atoms with Crippen LogP contribution in [0.4, 0.5) is 4.39 Å². The van der Waals surface area contributed by atoms with Crippen molar-refractivity contribution in [1.82, 2.24) is 10.6 Å². The molecule has 0 spiro atoms. The normalized spacial score (nSPS) is 17.7. The fourth-order valence-corrected chi connectivity index (χ4v) is 2.03. The molecule has 1 atom stereocenters. The van der Waals surface area contributed by atoms with E-state index in [1.165, 1.54) is 25.3 Å². The van der Waals surface area contributed by atoms with Crippen molar-refractivity contribution in [2.45, 2.75) is 6.42 Å². The van der Waals surface area contributed by atoms with Gasteiger partial charge in [-0.2, -0.15) is 0 Å². The first kappa shape index (κ1) is 15.7. The minimum absolute atomic E-state index is 0. The van der Waals surface area contributed by atoms with Gasteiger partial charge < -0.3 is 15.4 Å². The number of rotatable bonds is 4. The molecule has 1 unspecified atom stereocenters. The van der Waals surface area contributed by atoms with Crippen LogP contribution in [-0.4, -0.2) is 32.7 Å². The SMILES string of the molecule is COc1cc(C(=O)NCC2CCNC2)ccc1F.Cl. The number of carbonyl (C=O) groups excluding carboxylic acids is 1. The van der Waals surface area contributed by atoms with Gasteiger partial charge in [-0.3, -0.25) is 4.79 Å². The average molecular weight is 289 g/mol. The number of nitrogens with one attached hydrogen (secondary N) is 2. The zero-order valence-electron chi connectivity index (χ0n) is 10.7. The van der Waals surface area contributed by atoms with Gasteiger partial charge in [-0.1, -0.05) is 0 Å². The molecule has 2 N–H and O–H groups in total. The van der Waals surface area contributed by atoms with Gasteiger partial charge in [-0.05, 0) is 43.6 Å². The monoisotopic (exact) mass is 288 g/mol. The molecule has 19 heavy (non-hydrogen) atoms. The summed E-state index contributed by atoms with van der Waals surface area (Å²) < 4.78 is 18.0. The van der Waals surface area contributed by atoms with E-state index in [9.17, 15) is 9.18 Å². The van der Waals surface area contributed by atoms with Gasteiger partial charge in [0.15, 0.2) is 11.6 Å². The van der Waals surface area contributed by atoms with Gasteiger partial charge in [0.1, 0.15) is 0 Å². The fourth-order valence-electron chi connectivity index (χ4n) is 2.03. The summed E-state index contributed by atoms with van der Waals surface area (Å²) in [5, 5.41) is 6.10. The van der Waals surface area contributed by atoms with Crippen LogP contribution in [-0.2, 0) is 0 Å². The first-order valence-corrected chi connectivity index (χ1v) is 6.03. The van der Waals surface area contributed by atoms with Crippen LogP contribution in [0.2, 0.25) is 0 Å². The molecule has 106 valence electrons. The average Bonchev–Trinajstić information content (AvgIpc) is 2.89. The van der Waals surface area contributed by atoms with E-state index in [4.69, 9.17) is 4.74 Å². The van der Waals surface area contributed by atoms with Crippen molar-refractivity contribution in [1.29, 1.82) is 0 Å². The second-order valence-corrected chi connectivity index (χ2v) is 4.42. The third kappa shape index (κ3) is 4.08. The maximum absolute atomic E-state index is 13.2. The Morgan fingerprint density at radius 2 is 2.37 bits per heavy atom. The summed E-state index contributed by atoms with van der Waals surface area (Å²) in [7, 11) is 1.38. The van der Waals surface area contributed by atoms with Gasteiger partial charge in [-0.25, -0.2) is 4.39 Å². The summed E-state index contributed by atoms with van der Waals surface area (Å²) in [4.78, 5) is 11.9. The number of carbonyl (C=O) groups is 1. The summed E-state index contributed by atoms with van der Waals surface area (Å²) in [6.07, 6.45) is 1.08. The Bertz CT molecular complexity index is 437. The minimum Gasteiger partial charge on any atom is -0.494 e. The molecule has 1 aromatic carbocycles. The molecule has 1 saturated heterocycles. The molecular formula is C13H18ClFN2O2. The van der Waals surface area contributed by atoms with Crippen molar-refractivity contribution < 1.29 is 13.9 Å². The molecule has 0 saturated carbocycles. The maximum atomic E-state index is 13.2. The van der Waals surface area contributed by atoms with Crippen molar-refractivity contribution in [3.63, 3.8) is 0 Å². The molecule has 6 heteroatoms. The van der Waals surface area contributed by atoms with Crippen LogP contribution in [0.25, 0.3) is 0 Å². The lowest BCUT2D eigenvalue weighted by Crippen LogP contribution is -2.30. The lowest BCUT2D eigenvalue weighted by molar-refractivity contribution is 0.0948. The topological polar surface area (TPSA) is 50.4 Å². The highest BCUT2D eigenvalue weighted by Gasteiger charge is 2.16. The maximum Gasteiger partial charge on any atom is 0.251 e. The molecule has 0 bridgehead atoms. The van der Waals surface area contributed by atoms with Crippen LogP contribution in [0, 0.1) is 11.7 Å². The van der Waals surface area contributed by atoms with Gasteiger partial charge in [0.2, 0.25) is 0 Å². The Morgan fingerprint density at radius 3 is 3.00 bits per heavy atom. The highest BCUT2D eigenvalue weighted by atomic mass is 35.5. The first-order chi connectivity index (χ1) is 8.70. The minimum atomic E-state index is -0.464. The third-order valence-electron chi connectivity index (χ3n) is 3.13. The Labute approximate surface area is 118 Å². The predicted molar refractivity (Wildman–Crippen MR) is 73.5 cm³/mol. The van der Waals surface area contributed by atoms with E-state index in [1.807, 2.05) is 0 Å². The van der Waals surface area contributed by atoms with Gasteiger partial charge in [0.25, 0.3) is 5.91 Å². The quantitative estimate of drug-likeness (QED) is 0.885. The molecule has 0 aromatic heterocycles. The zero-order valence-corrected chi connectivity index (χ0v) is 11.6. The van der Waals surface area contributed by atoms with Crippen LogP contribution in [0.1, 0.15) is 16.8 Å². The van der Waals surface area contributed by atoms with Gasteiger partial charge in [0, 0.05) is 12.1 Å². The van der Waals surface area contributed by atoms with E-state index in [0.717, 1.165) is 19.5 Å². The molecule has 1 aromatic rings. The number of halogens is 2. The molecule has 0 aliphatic carbocycles. The van der Waals surface area contributed by atoms with Gasteiger partial charge in [0.05, 0.1) is 7.11 Å². The number of hydrogen-bond acceptors (Lipinski definition) is 3. The Hall–Kier alpha value is -1.33. The van der Waals surface area contributed by atoms with Crippen LogP contribution < -0.4 is 15.4 Å². The Balaban J connectivity index is 0.00000180. The summed E-state index contributed by atoms with van der Waals surface area (Å²) >= 11 is 0. The summed E-state index contributed by atoms with van der Waals surface area (Å²) in [5.74, 6) is -0.0873. The van der Waals surface area contributed by atoms with Gasteiger partial charge >= 0.3 is 0 Å². The Morgan fingerprint density at radius 1 is 1.58 bits per heavy atom. The van der Waals surface area contributed by atoms with E-state index in [1.54, 1.807) is 0 Å². The van der Waals surface area contributed by atoms with Crippen molar-refractivity contribution >= 4 is 18.3 Å². The van der Waals surface area contributed by atoms with E-state index in [-0.39, 0.29) is 24.1 Å².